The normalized spacial score (nSPS) is 46.4. The van der Waals surface area contributed by atoms with Crippen LogP contribution in [0.4, 0.5) is 0 Å². The molecule has 0 amide bonds. The fraction of sp³-hybridized carbons (Fsp3) is 1.00. The lowest BCUT2D eigenvalue weighted by Gasteiger charge is -2.58. The Hall–Kier alpha value is -0.0800. The molecule has 1 saturated heterocycles. The fourth-order valence-electron chi connectivity index (χ4n) is 6.34. The molecular weight excluding hydrogens is 246 g/mol. The van der Waals surface area contributed by atoms with Crippen molar-refractivity contribution in [2.75, 3.05) is 19.6 Å². The molecule has 1 heterocycles. The zero-order valence-corrected chi connectivity index (χ0v) is 12.9. The van der Waals surface area contributed by atoms with Crippen LogP contribution in [0.5, 0.6) is 0 Å². The summed E-state index contributed by atoms with van der Waals surface area (Å²) in [4.78, 5) is 2.57. The smallest absolute Gasteiger partial charge is 0.0723 e. The maximum absolute atomic E-state index is 11.0. The first-order valence-electron chi connectivity index (χ1n) is 9.14. The standard InChI is InChI=1S/C18H31NO/c20-17(13-19-5-3-1-2-4-6-19)18-10-14-7-15(11-18)9-16(8-14)12-18/h14-17,20H,1-13H2. The number of aliphatic hydroxyl groups excluding tert-OH is 1. The molecule has 4 aliphatic carbocycles. The van der Waals surface area contributed by atoms with Crippen molar-refractivity contribution in [1.82, 2.24) is 4.90 Å². The molecule has 0 radical (unpaired) electrons. The molecule has 0 aromatic heterocycles. The molecule has 1 aliphatic heterocycles. The Morgan fingerprint density at radius 3 is 1.85 bits per heavy atom. The van der Waals surface area contributed by atoms with Crippen molar-refractivity contribution in [2.24, 2.45) is 23.2 Å². The molecular formula is C18H31NO. The first kappa shape index (κ1) is 13.6. The molecule has 2 nitrogen and oxygen atoms in total. The summed E-state index contributed by atoms with van der Waals surface area (Å²) in [6.07, 6.45) is 13.9. The molecule has 1 atom stereocenters. The van der Waals surface area contributed by atoms with E-state index in [2.05, 4.69) is 4.90 Å². The van der Waals surface area contributed by atoms with E-state index in [0.29, 0.717) is 5.41 Å². The molecule has 2 heteroatoms. The van der Waals surface area contributed by atoms with Gasteiger partial charge >= 0.3 is 0 Å². The van der Waals surface area contributed by atoms with E-state index >= 15 is 0 Å². The summed E-state index contributed by atoms with van der Waals surface area (Å²) < 4.78 is 0. The summed E-state index contributed by atoms with van der Waals surface area (Å²) in [6.45, 7) is 3.42. The first-order valence-corrected chi connectivity index (χ1v) is 9.14. The van der Waals surface area contributed by atoms with Crippen LogP contribution < -0.4 is 0 Å². The highest BCUT2D eigenvalue weighted by atomic mass is 16.3. The summed E-state index contributed by atoms with van der Waals surface area (Å²) in [6, 6.07) is 0. The summed E-state index contributed by atoms with van der Waals surface area (Å²) >= 11 is 0. The van der Waals surface area contributed by atoms with E-state index in [9.17, 15) is 5.11 Å². The van der Waals surface area contributed by atoms with Gasteiger partial charge in [0.15, 0.2) is 0 Å². The van der Waals surface area contributed by atoms with Crippen LogP contribution in [0.2, 0.25) is 0 Å². The van der Waals surface area contributed by atoms with Gasteiger partial charge < -0.3 is 10.0 Å². The predicted molar refractivity (Wildman–Crippen MR) is 81.5 cm³/mol. The van der Waals surface area contributed by atoms with Gasteiger partial charge in [0, 0.05) is 6.54 Å². The maximum atomic E-state index is 11.0. The maximum Gasteiger partial charge on any atom is 0.0723 e. The van der Waals surface area contributed by atoms with Crippen LogP contribution in [-0.4, -0.2) is 35.7 Å². The highest BCUT2D eigenvalue weighted by Gasteiger charge is 2.54. The largest absolute Gasteiger partial charge is 0.391 e. The molecule has 1 N–H and O–H groups in total. The lowest BCUT2D eigenvalue weighted by Crippen LogP contribution is -2.54. The lowest BCUT2D eigenvalue weighted by atomic mass is 9.48. The monoisotopic (exact) mass is 277 g/mol. The number of likely N-dealkylation sites (tertiary alicyclic amines) is 1. The Balaban J connectivity index is 1.43. The van der Waals surface area contributed by atoms with Crippen LogP contribution in [0.1, 0.15) is 64.2 Å². The molecule has 0 aromatic rings. The van der Waals surface area contributed by atoms with E-state index in [4.69, 9.17) is 0 Å². The SMILES string of the molecule is OC(CN1CCCCCC1)C12CC3CC(CC(C3)C1)C2. The van der Waals surface area contributed by atoms with Crippen molar-refractivity contribution in [1.29, 1.82) is 0 Å². The molecule has 20 heavy (non-hydrogen) atoms. The third-order valence-corrected chi connectivity index (χ3v) is 6.92. The number of β-amino-alcohol motifs (C(OH)–C–C–N with tert-alkyl or cyclic N) is 1. The third kappa shape index (κ3) is 2.43. The summed E-state index contributed by atoms with van der Waals surface area (Å²) in [7, 11) is 0. The van der Waals surface area contributed by atoms with Gasteiger partial charge in [-0.2, -0.15) is 0 Å². The molecule has 0 spiro atoms. The van der Waals surface area contributed by atoms with Crippen LogP contribution in [0.15, 0.2) is 0 Å². The number of aliphatic hydroxyl groups is 1. The Kier molecular flexibility index (Phi) is 3.58. The van der Waals surface area contributed by atoms with Gasteiger partial charge in [0.05, 0.1) is 6.10 Å². The summed E-state index contributed by atoms with van der Waals surface area (Å²) in [5, 5.41) is 11.0. The van der Waals surface area contributed by atoms with Gasteiger partial charge in [0.25, 0.3) is 0 Å². The Bertz CT molecular complexity index is 310. The van der Waals surface area contributed by atoms with Gasteiger partial charge in [-0.15, -0.1) is 0 Å². The minimum Gasteiger partial charge on any atom is -0.391 e. The lowest BCUT2D eigenvalue weighted by molar-refractivity contribution is -0.126. The second-order valence-corrected chi connectivity index (χ2v) is 8.51. The number of rotatable bonds is 3. The van der Waals surface area contributed by atoms with Crippen molar-refractivity contribution in [2.45, 2.75) is 70.3 Å². The van der Waals surface area contributed by atoms with Gasteiger partial charge in [-0.25, -0.2) is 0 Å². The van der Waals surface area contributed by atoms with Crippen LogP contribution in [0.25, 0.3) is 0 Å². The second kappa shape index (κ2) is 5.28. The van der Waals surface area contributed by atoms with Crippen LogP contribution >= 0.6 is 0 Å². The van der Waals surface area contributed by atoms with Gasteiger partial charge in [0.2, 0.25) is 0 Å². The minimum absolute atomic E-state index is 0.0472. The number of hydrogen-bond donors (Lipinski definition) is 1. The average Bonchev–Trinajstić information content (AvgIpc) is 2.65. The van der Waals surface area contributed by atoms with E-state index in [1.165, 1.54) is 77.3 Å². The number of nitrogens with zero attached hydrogens (tertiary/aromatic N) is 1. The second-order valence-electron chi connectivity index (χ2n) is 8.51. The zero-order chi connectivity index (χ0) is 13.6. The average molecular weight is 277 g/mol. The molecule has 1 unspecified atom stereocenters. The molecule has 5 rings (SSSR count). The summed E-state index contributed by atoms with van der Waals surface area (Å²) in [5.41, 5.74) is 0.320. The van der Waals surface area contributed by atoms with Crippen molar-refractivity contribution < 1.29 is 5.11 Å². The highest BCUT2D eigenvalue weighted by molar-refractivity contribution is 5.04. The molecule has 114 valence electrons. The molecule has 4 saturated carbocycles. The van der Waals surface area contributed by atoms with E-state index in [1.807, 2.05) is 0 Å². The molecule has 0 aromatic carbocycles. The highest BCUT2D eigenvalue weighted by Crippen LogP contribution is 2.61. The topological polar surface area (TPSA) is 23.5 Å². The summed E-state index contributed by atoms with van der Waals surface area (Å²) in [5.74, 6) is 2.88. The van der Waals surface area contributed by atoms with Crippen LogP contribution in [0.3, 0.4) is 0 Å². The predicted octanol–water partition coefficient (Wildman–Crippen LogP) is 3.44. The van der Waals surface area contributed by atoms with Gasteiger partial charge in [-0.3, -0.25) is 0 Å². The third-order valence-electron chi connectivity index (χ3n) is 6.92. The van der Waals surface area contributed by atoms with Gasteiger partial charge in [-0.05, 0) is 87.6 Å². The number of hydrogen-bond acceptors (Lipinski definition) is 2. The van der Waals surface area contributed by atoms with E-state index < -0.39 is 0 Å². The van der Waals surface area contributed by atoms with Crippen molar-refractivity contribution in [3.8, 4) is 0 Å². The van der Waals surface area contributed by atoms with Crippen molar-refractivity contribution in [3.63, 3.8) is 0 Å². The first-order chi connectivity index (χ1) is 9.73. The van der Waals surface area contributed by atoms with E-state index in [-0.39, 0.29) is 6.10 Å². The van der Waals surface area contributed by atoms with Gasteiger partial charge in [-0.1, -0.05) is 12.8 Å². The molecule has 5 aliphatic rings. The van der Waals surface area contributed by atoms with Crippen LogP contribution in [0, 0.1) is 23.2 Å². The minimum atomic E-state index is -0.0472. The van der Waals surface area contributed by atoms with E-state index in [1.54, 1.807) is 0 Å². The Morgan fingerprint density at radius 2 is 1.35 bits per heavy atom. The Morgan fingerprint density at radius 1 is 0.850 bits per heavy atom. The zero-order valence-electron chi connectivity index (χ0n) is 12.9. The quantitative estimate of drug-likeness (QED) is 0.854. The van der Waals surface area contributed by atoms with E-state index in [0.717, 1.165) is 24.3 Å². The fourth-order valence-corrected chi connectivity index (χ4v) is 6.34. The Labute approximate surface area is 123 Å². The van der Waals surface area contributed by atoms with Crippen molar-refractivity contribution >= 4 is 0 Å². The van der Waals surface area contributed by atoms with Gasteiger partial charge in [0.1, 0.15) is 0 Å². The van der Waals surface area contributed by atoms with Crippen LogP contribution in [-0.2, 0) is 0 Å². The molecule has 5 fully saturated rings. The molecule has 4 bridgehead atoms. The van der Waals surface area contributed by atoms with Crippen molar-refractivity contribution in [3.05, 3.63) is 0 Å².